The normalized spacial score (nSPS) is 22.6. The lowest BCUT2D eigenvalue weighted by Crippen LogP contribution is -2.54. The maximum atomic E-state index is 11.3. The van der Waals surface area contributed by atoms with Gasteiger partial charge in [0, 0.05) is 30.5 Å². The van der Waals surface area contributed by atoms with Crippen LogP contribution in [0.1, 0.15) is 37.1 Å². The first-order valence-corrected chi connectivity index (χ1v) is 9.70. The van der Waals surface area contributed by atoms with Crippen LogP contribution < -0.4 is 4.72 Å². The van der Waals surface area contributed by atoms with Gasteiger partial charge in [0.1, 0.15) is 5.82 Å². The molecule has 3 rings (SSSR count). The number of nitrogens with one attached hydrogen (secondary N) is 1. The van der Waals surface area contributed by atoms with E-state index in [4.69, 9.17) is 0 Å². The highest BCUT2D eigenvalue weighted by atomic mass is 32.2. The van der Waals surface area contributed by atoms with Crippen molar-refractivity contribution in [1.29, 1.82) is 0 Å². The van der Waals surface area contributed by atoms with E-state index in [0.717, 1.165) is 56.7 Å². The lowest BCUT2D eigenvalue weighted by atomic mass is 9.60. The smallest absolute Gasteiger partial charge is 0.208 e. The van der Waals surface area contributed by atoms with E-state index in [2.05, 4.69) is 19.6 Å². The van der Waals surface area contributed by atoms with Gasteiger partial charge in [-0.25, -0.2) is 23.1 Å². The summed E-state index contributed by atoms with van der Waals surface area (Å²) >= 11 is 0. The molecule has 1 saturated heterocycles. The molecule has 2 fully saturated rings. The zero-order valence-corrected chi connectivity index (χ0v) is 14.1. The molecule has 0 aromatic carbocycles. The van der Waals surface area contributed by atoms with Crippen molar-refractivity contribution in [2.75, 3.05) is 19.3 Å². The predicted octanol–water partition coefficient (Wildman–Crippen LogP) is 1.08. The summed E-state index contributed by atoms with van der Waals surface area (Å²) in [5, 5.41) is 0. The fraction of sp³-hybridized carbons (Fsp3) is 0.733. The zero-order valence-electron chi connectivity index (χ0n) is 13.2. The Morgan fingerprint density at radius 3 is 2.41 bits per heavy atom. The van der Waals surface area contributed by atoms with Gasteiger partial charge in [-0.05, 0) is 51.1 Å². The highest BCUT2D eigenvalue weighted by Gasteiger charge is 2.46. The molecule has 0 amide bonds. The molecule has 6 nitrogen and oxygen atoms in total. The highest BCUT2D eigenvalue weighted by molar-refractivity contribution is 7.88. The summed E-state index contributed by atoms with van der Waals surface area (Å²) in [6.07, 6.45) is 9.33. The SMILES string of the molecule is Cc1ncc(CN2CCC3(CC2)CC(NS(C)(=O)=O)C3)cn1. The van der Waals surface area contributed by atoms with Gasteiger partial charge in [0.25, 0.3) is 0 Å². The second-order valence-corrected chi connectivity index (χ2v) is 8.69. The molecule has 0 radical (unpaired) electrons. The number of rotatable bonds is 4. The third-order valence-electron chi connectivity index (χ3n) is 4.90. The van der Waals surface area contributed by atoms with E-state index in [0.29, 0.717) is 5.41 Å². The number of piperidine rings is 1. The zero-order chi connectivity index (χ0) is 15.8. The molecule has 1 aromatic rings. The van der Waals surface area contributed by atoms with E-state index in [1.165, 1.54) is 6.26 Å². The fourth-order valence-corrected chi connectivity index (χ4v) is 4.50. The summed E-state index contributed by atoms with van der Waals surface area (Å²) in [6.45, 7) is 4.94. The maximum Gasteiger partial charge on any atom is 0.208 e. The van der Waals surface area contributed by atoms with Gasteiger partial charge < -0.3 is 0 Å². The molecular formula is C15H24N4O2S. The first-order chi connectivity index (χ1) is 10.3. The summed E-state index contributed by atoms with van der Waals surface area (Å²) in [7, 11) is -3.07. The molecule has 1 aliphatic heterocycles. The van der Waals surface area contributed by atoms with E-state index >= 15 is 0 Å². The van der Waals surface area contributed by atoms with E-state index in [-0.39, 0.29) is 6.04 Å². The Bertz CT molecular complexity index is 613. The van der Waals surface area contributed by atoms with Gasteiger partial charge in [-0.3, -0.25) is 4.90 Å². The standard InChI is InChI=1S/C15H24N4O2S/c1-12-16-9-13(10-17-12)11-19-5-3-15(4-6-19)7-14(8-15)18-22(2,20)21/h9-10,14,18H,3-8,11H2,1-2H3. The largest absolute Gasteiger partial charge is 0.299 e. The van der Waals surface area contributed by atoms with Crippen molar-refractivity contribution < 1.29 is 8.42 Å². The van der Waals surface area contributed by atoms with Crippen LogP contribution in [0.3, 0.4) is 0 Å². The van der Waals surface area contributed by atoms with Gasteiger partial charge in [-0.2, -0.15) is 0 Å². The van der Waals surface area contributed by atoms with Crippen LogP contribution in [0.25, 0.3) is 0 Å². The number of aromatic nitrogens is 2. The lowest BCUT2D eigenvalue weighted by molar-refractivity contribution is 0.0106. The van der Waals surface area contributed by atoms with Crippen molar-refractivity contribution in [2.24, 2.45) is 5.41 Å². The molecule has 1 N–H and O–H groups in total. The van der Waals surface area contributed by atoms with Gasteiger partial charge in [-0.1, -0.05) is 0 Å². The average Bonchev–Trinajstić information content (AvgIpc) is 2.40. The predicted molar refractivity (Wildman–Crippen MR) is 84.7 cm³/mol. The molecule has 0 atom stereocenters. The van der Waals surface area contributed by atoms with Gasteiger partial charge >= 0.3 is 0 Å². The van der Waals surface area contributed by atoms with Crippen molar-refractivity contribution in [3.05, 3.63) is 23.8 Å². The molecule has 1 aliphatic carbocycles. The number of hydrogen-bond donors (Lipinski definition) is 1. The van der Waals surface area contributed by atoms with Crippen LogP contribution in [-0.4, -0.2) is 48.7 Å². The molecule has 22 heavy (non-hydrogen) atoms. The first-order valence-electron chi connectivity index (χ1n) is 7.81. The molecule has 2 aliphatic rings. The number of likely N-dealkylation sites (tertiary alicyclic amines) is 1. The Morgan fingerprint density at radius 1 is 1.27 bits per heavy atom. The van der Waals surface area contributed by atoms with E-state index in [9.17, 15) is 8.42 Å². The van der Waals surface area contributed by atoms with Crippen LogP contribution in [0.2, 0.25) is 0 Å². The van der Waals surface area contributed by atoms with Gasteiger partial charge in [-0.15, -0.1) is 0 Å². The van der Waals surface area contributed by atoms with Crippen molar-refractivity contribution in [3.63, 3.8) is 0 Å². The van der Waals surface area contributed by atoms with Crippen LogP contribution in [0.4, 0.5) is 0 Å². The minimum Gasteiger partial charge on any atom is -0.299 e. The van der Waals surface area contributed by atoms with Crippen molar-refractivity contribution in [1.82, 2.24) is 19.6 Å². The summed E-state index contributed by atoms with van der Waals surface area (Å²) in [4.78, 5) is 10.9. The fourth-order valence-electron chi connectivity index (χ4n) is 3.72. The Balaban J connectivity index is 1.46. The van der Waals surface area contributed by atoms with Gasteiger partial charge in [0.05, 0.1) is 6.26 Å². The molecular weight excluding hydrogens is 300 g/mol. The molecule has 1 saturated carbocycles. The topological polar surface area (TPSA) is 75.2 Å². The second-order valence-electron chi connectivity index (χ2n) is 6.91. The summed E-state index contributed by atoms with van der Waals surface area (Å²) < 4.78 is 25.2. The minimum absolute atomic E-state index is 0.145. The minimum atomic E-state index is -3.07. The molecule has 2 heterocycles. The van der Waals surface area contributed by atoms with Gasteiger partial charge in [0.2, 0.25) is 10.0 Å². The molecule has 1 spiro atoms. The van der Waals surface area contributed by atoms with Crippen LogP contribution in [-0.2, 0) is 16.6 Å². The van der Waals surface area contributed by atoms with Crippen molar-refractivity contribution in [3.8, 4) is 0 Å². The van der Waals surface area contributed by atoms with Crippen molar-refractivity contribution in [2.45, 2.75) is 45.2 Å². The molecule has 7 heteroatoms. The molecule has 122 valence electrons. The summed E-state index contributed by atoms with van der Waals surface area (Å²) in [5.41, 5.74) is 1.52. The third-order valence-corrected chi connectivity index (χ3v) is 5.66. The van der Waals surface area contributed by atoms with E-state index in [1.807, 2.05) is 19.3 Å². The van der Waals surface area contributed by atoms with Crippen molar-refractivity contribution >= 4 is 10.0 Å². The highest BCUT2D eigenvalue weighted by Crippen LogP contribution is 2.49. The third kappa shape index (κ3) is 3.83. The average molecular weight is 324 g/mol. The summed E-state index contributed by atoms with van der Waals surface area (Å²) in [6, 6.07) is 0.145. The second kappa shape index (κ2) is 5.86. The number of aryl methyl sites for hydroxylation is 1. The maximum absolute atomic E-state index is 11.3. The van der Waals surface area contributed by atoms with Crippen LogP contribution in [0, 0.1) is 12.3 Å². The Labute approximate surface area is 132 Å². The Hall–Kier alpha value is -1.05. The molecule has 1 aromatic heterocycles. The summed E-state index contributed by atoms with van der Waals surface area (Å²) in [5.74, 6) is 0.806. The Morgan fingerprint density at radius 2 is 1.86 bits per heavy atom. The number of hydrogen-bond acceptors (Lipinski definition) is 5. The van der Waals surface area contributed by atoms with Crippen LogP contribution in [0.5, 0.6) is 0 Å². The monoisotopic (exact) mass is 324 g/mol. The van der Waals surface area contributed by atoms with Crippen LogP contribution in [0.15, 0.2) is 12.4 Å². The quantitative estimate of drug-likeness (QED) is 0.897. The van der Waals surface area contributed by atoms with E-state index < -0.39 is 10.0 Å². The number of nitrogens with zero attached hydrogens (tertiary/aromatic N) is 3. The molecule has 0 bridgehead atoms. The first kappa shape index (κ1) is 15.8. The lowest BCUT2D eigenvalue weighted by Gasteiger charge is -2.52. The Kier molecular flexibility index (Phi) is 4.22. The van der Waals surface area contributed by atoms with Gasteiger partial charge in [0.15, 0.2) is 0 Å². The number of sulfonamides is 1. The van der Waals surface area contributed by atoms with Crippen LogP contribution >= 0.6 is 0 Å². The molecule has 0 unspecified atom stereocenters. The van der Waals surface area contributed by atoms with E-state index in [1.54, 1.807) is 0 Å².